The molecule has 0 aliphatic rings. The lowest BCUT2D eigenvalue weighted by Crippen LogP contribution is -2.15. The minimum atomic E-state index is -0.136. The zero-order valence-electron chi connectivity index (χ0n) is 15.2. The number of anilines is 1. The molecule has 0 radical (unpaired) electrons. The molecule has 3 rings (SSSR count). The molecule has 1 N–H and O–H groups in total. The normalized spacial score (nSPS) is 10.6. The van der Waals surface area contributed by atoms with Crippen LogP contribution in [-0.4, -0.2) is 28.3 Å². The number of carbonyl (C=O) groups excluding carboxylic acids is 1. The number of nitriles is 1. The fourth-order valence-electron chi connectivity index (χ4n) is 2.78. The van der Waals surface area contributed by atoms with E-state index in [1.54, 1.807) is 7.11 Å². The summed E-state index contributed by atoms with van der Waals surface area (Å²) in [6.45, 7) is 2.51. The van der Waals surface area contributed by atoms with Gasteiger partial charge in [-0.15, -0.1) is 0 Å². The van der Waals surface area contributed by atoms with E-state index in [2.05, 4.69) is 16.4 Å². The van der Waals surface area contributed by atoms with Gasteiger partial charge < -0.3 is 14.6 Å². The summed E-state index contributed by atoms with van der Waals surface area (Å²) in [7, 11) is 1.58. The van der Waals surface area contributed by atoms with E-state index in [0.29, 0.717) is 24.4 Å². The number of imidazole rings is 1. The number of fused-ring (bicyclic) bond motifs is 1. The van der Waals surface area contributed by atoms with E-state index in [4.69, 9.17) is 10.00 Å². The predicted octanol–water partition coefficient (Wildman–Crippen LogP) is 4.00. The van der Waals surface area contributed by atoms with Crippen molar-refractivity contribution in [2.75, 3.05) is 18.2 Å². The molecule has 1 aromatic heterocycles. The molecule has 0 unspecified atom stereocenters. The lowest BCUT2D eigenvalue weighted by Gasteiger charge is -2.11. The fourth-order valence-corrected chi connectivity index (χ4v) is 3.62. The highest BCUT2D eigenvalue weighted by Gasteiger charge is 2.14. The van der Waals surface area contributed by atoms with Crippen LogP contribution in [-0.2, 0) is 11.3 Å². The molecule has 7 heteroatoms. The maximum atomic E-state index is 12.4. The number of rotatable bonds is 7. The lowest BCUT2D eigenvalue weighted by molar-refractivity contribution is -0.113. The van der Waals surface area contributed by atoms with Gasteiger partial charge >= 0.3 is 0 Å². The Hall–Kier alpha value is -2.98. The quantitative estimate of drug-likeness (QED) is 0.627. The van der Waals surface area contributed by atoms with Crippen LogP contribution in [0.1, 0.15) is 12.0 Å². The average Bonchev–Trinajstić information content (AvgIpc) is 3.02. The number of hydrogen-bond donors (Lipinski definition) is 1. The number of thioether (sulfide) groups is 1. The molecule has 27 heavy (non-hydrogen) atoms. The van der Waals surface area contributed by atoms with Crippen LogP contribution in [0.2, 0.25) is 0 Å². The number of hydrogen-bond acceptors (Lipinski definition) is 5. The Morgan fingerprint density at radius 2 is 2.15 bits per heavy atom. The van der Waals surface area contributed by atoms with E-state index in [0.717, 1.165) is 21.8 Å². The highest BCUT2D eigenvalue weighted by Crippen LogP contribution is 2.27. The first-order chi connectivity index (χ1) is 13.1. The second-order valence-electron chi connectivity index (χ2n) is 5.98. The molecule has 3 aromatic rings. The Balaban J connectivity index is 1.74. The summed E-state index contributed by atoms with van der Waals surface area (Å²) < 4.78 is 7.29. The summed E-state index contributed by atoms with van der Waals surface area (Å²) in [6.07, 6.45) is 0.389. The average molecular weight is 380 g/mol. The van der Waals surface area contributed by atoms with Crippen LogP contribution in [0, 0.1) is 18.3 Å². The fraction of sp³-hybridized carbons (Fsp3) is 0.250. The molecule has 0 spiro atoms. The molecule has 0 bridgehead atoms. The molecule has 6 nitrogen and oxygen atoms in total. The monoisotopic (exact) mass is 380 g/mol. The van der Waals surface area contributed by atoms with Gasteiger partial charge in [-0.25, -0.2) is 4.98 Å². The number of amides is 1. The maximum absolute atomic E-state index is 12.4. The predicted molar refractivity (Wildman–Crippen MR) is 107 cm³/mol. The summed E-state index contributed by atoms with van der Waals surface area (Å²) in [4.78, 5) is 17.0. The zero-order chi connectivity index (χ0) is 19.2. The van der Waals surface area contributed by atoms with Crippen molar-refractivity contribution in [2.24, 2.45) is 0 Å². The van der Waals surface area contributed by atoms with Gasteiger partial charge in [0.25, 0.3) is 0 Å². The molecular weight excluding hydrogens is 360 g/mol. The Morgan fingerprint density at radius 1 is 1.33 bits per heavy atom. The van der Waals surface area contributed by atoms with Gasteiger partial charge in [-0.1, -0.05) is 30.0 Å². The van der Waals surface area contributed by atoms with E-state index in [-0.39, 0.29) is 11.7 Å². The van der Waals surface area contributed by atoms with Crippen molar-refractivity contribution < 1.29 is 9.53 Å². The number of benzene rings is 2. The third kappa shape index (κ3) is 4.41. The van der Waals surface area contributed by atoms with Crippen LogP contribution >= 0.6 is 11.8 Å². The zero-order valence-corrected chi connectivity index (χ0v) is 16.0. The highest BCUT2D eigenvalue weighted by atomic mass is 32.2. The van der Waals surface area contributed by atoms with Crippen molar-refractivity contribution in [3.63, 3.8) is 0 Å². The van der Waals surface area contributed by atoms with Crippen molar-refractivity contribution in [3.8, 4) is 11.8 Å². The first kappa shape index (κ1) is 18.8. The van der Waals surface area contributed by atoms with E-state index in [9.17, 15) is 4.79 Å². The van der Waals surface area contributed by atoms with Gasteiger partial charge in [0.05, 0.1) is 42.1 Å². The van der Waals surface area contributed by atoms with E-state index in [1.165, 1.54) is 11.8 Å². The largest absolute Gasteiger partial charge is 0.495 e. The molecule has 0 saturated heterocycles. The highest BCUT2D eigenvalue weighted by molar-refractivity contribution is 7.99. The first-order valence-corrected chi connectivity index (χ1v) is 9.50. The standard InChI is InChI=1S/C20H20N4O2S/c1-14-8-9-18(26-2)16(12-14)22-19(25)13-27-20-23-15-6-3-4-7-17(15)24(20)11-5-10-21/h3-4,6-9,12H,5,11,13H2,1-2H3,(H,22,25). The Morgan fingerprint density at radius 3 is 2.93 bits per heavy atom. The van der Waals surface area contributed by atoms with Crippen LogP contribution in [0.15, 0.2) is 47.6 Å². The third-order valence-corrected chi connectivity index (χ3v) is 5.00. The summed E-state index contributed by atoms with van der Waals surface area (Å²) in [5, 5.41) is 12.5. The molecule has 0 saturated carbocycles. The second-order valence-corrected chi connectivity index (χ2v) is 6.93. The van der Waals surface area contributed by atoms with Crippen LogP contribution in [0.4, 0.5) is 5.69 Å². The van der Waals surface area contributed by atoms with Crippen LogP contribution < -0.4 is 10.1 Å². The van der Waals surface area contributed by atoms with Crippen molar-refractivity contribution in [2.45, 2.75) is 25.0 Å². The number of nitrogens with zero attached hydrogens (tertiary/aromatic N) is 3. The van der Waals surface area contributed by atoms with Crippen molar-refractivity contribution in [3.05, 3.63) is 48.0 Å². The number of aromatic nitrogens is 2. The lowest BCUT2D eigenvalue weighted by atomic mass is 10.2. The molecule has 1 amide bonds. The van der Waals surface area contributed by atoms with E-state index < -0.39 is 0 Å². The Kier molecular flexibility index (Phi) is 5.99. The van der Waals surface area contributed by atoms with Crippen molar-refractivity contribution in [1.82, 2.24) is 9.55 Å². The summed E-state index contributed by atoms with van der Waals surface area (Å²) in [5.74, 6) is 0.704. The molecule has 2 aromatic carbocycles. The van der Waals surface area contributed by atoms with Crippen LogP contribution in [0.25, 0.3) is 11.0 Å². The van der Waals surface area contributed by atoms with E-state index >= 15 is 0 Å². The van der Waals surface area contributed by atoms with Gasteiger partial charge in [-0.2, -0.15) is 5.26 Å². The van der Waals surface area contributed by atoms with Crippen molar-refractivity contribution >= 4 is 34.4 Å². The maximum Gasteiger partial charge on any atom is 0.234 e. The molecule has 0 fully saturated rings. The minimum absolute atomic E-state index is 0.136. The molecule has 0 aliphatic heterocycles. The van der Waals surface area contributed by atoms with Gasteiger partial charge in [0, 0.05) is 6.54 Å². The van der Waals surface area contributed by atoms with Gasteiger partial charge in [-0.3, -0.25) is 4.79 Å². The number of nitrogens with one attached hydrogen (secondary N) is 1. The second kappa shape index (κ2) is 8.60. The van der Waals surface area contributed by atoms with Gasteiger partial charge in [0.2, 0.25) is 5.91 Å². The number of aryl methyl sites for hydroxylation is 2. The topological polar surface area (TPSA) is 79.9 Å². The number of carbonyl (C=O) groups is 1. The Labute approximate surface area is 162 Å². The first-order valence-electron chi connectivity index (χ1n) is 8.52. The molecular formula is C20H20N4O2S. The number of methoxy groups -OCH3 is 1. The van der Waals surface area contributed by atoms with Crippen LogP contribution in [0.3, 0.4) is 0 Å². The van der Waals surface area contributed by atoms with Crippen molar-refractivity contribution in [1.29, 1.82) is 5.26 Å². The van der Waals surface area contributed by atoms with Crippen LogP contribution in [0.5, 0.6) is 5.75 Å². The van der Waals surface area contributed by atoms with Gasteiger partial charge in [0.15, 0.2) is 5.16 Å². The summed E-state index contributed by atoms with van der Waals surface area (Å²) in [6, 6.07) is 15.6. The summed E-state index contributed by atoms with van der Waals surface area (Å²) >= 11 is 1.36. The molecule has 1 heterocycles. The smallest absolute Gasteiger partial charge is 0.234 e. The molecule has 0 aliphatic carbocycles. The van der Waals surface area contributed by atoms with E-state index in [1.807, 2.05) is 54.0 Å². The van der Waals surface area contributed by atoms with Gasteiger partial charge in [0.1, 0.15) is 5.75 Å². The summed E-state index contributed by atoms with van der Waals surface area (Å²) in [5.41, 5.74) is 3.52. The minimum Gasteiger partial charge on any atom is -0.495 e. The Bertz CT molecular complexity index is 1010. The molecule has 0 atom stereocenters. The van der Waals surface area contributed by atoms with Gasteiger partial charge in [-0.05, 0) is 36.8 Å². The number of ether oxygens (including phenoxy) is 1. The number of para-hydroxylation sites is 2. The SMILES string of the molecule is COc1ccc(C)cc1NC(=O)CSc1nc2ccccc2n1CCC#N. The molecule has 138 valence electrons. The third-order valence-electron chi connectivity index (χ3n) is 4.03.